The van der Waals surface area contributed by atoms with Gasteiger partial charge in [-0.2, -0.15) is 0 Å². The molecule has 10 heteroatoms. The van der Waals surface area contributed by atoms with Crippen LogP contribution >= 0.6 is 0 Å². The van der Waals surface area contributed by atoms with Crippen molar-refractivity contribution in [2.45, 2.75) is 0 Å². The van der Waals surface area contributed by atoms with Crippen LogP contribution in [0.25, 0.3) is 0 Å². The molecule has 0 saturated carbocycles. The standard InChI is InChI=1S/C7H4N2O7.Mn/c10-7(11)4-2-1-3-5(8(12)13)6(4)16-9(14)15;/h1-3H,(H,10,11);. The molecule has 91 valence electrons. The third-order valence-corrected chi connectivity index (χ3v) is 1.59. The Labute approximate surface area is 104 Å². The van der Waals surface area contributed by atoms with Gasteiger partial charge in [-0.1, -0.05) is 6.07 Å². The molecule has 0 bridgehead atoms. The smallest absolute Gasteiger partial charge is 0.338 e. The minimum absolute atomic E-state index is 0. The van der Waals surface area contributed by atoms with Crippen molar-refractivity contribution in [1.29, 1.82) is 0 Å². The second-order valence-electron chi connectivity index (χ2n) is 2.53. The molecule has 1 N–H and O–H groups in total. The van der Waals surface area contributed by atoms with Crippen molar-refractivity contribution in [3.05, 3.63) is 44.0 Å². The van der Waals surface area contributed by atoms with Crippen molar-refractivity contribution in [3.8, 4) is 5.75 Å². The molecule has 0 atom stereocenters. The maximum Gasteiger partial charge on any atom is 0.338 e. The number of nitrogens with zero attached hydrogens (tertiary/aromatic N) is 2. The Hall–Kier alpha value is -2.19. The van der Waals surface area contributed by atoms with Crippen LogP contribution in [-0.4, -0.2) is 21.1 Å². The van der Waals surface area contributed by atoms with Gasteiger partial charge in [-0.3, -0.25) is 15.0 Å². The number of benzene rings is 1. The molecule has 0 aliphatic rings. The Kier molecular flexibility index (Phi) is 5.03. The van der Waals surface area contributed by atoms with E-state index in [1.807, 2.05) is 0 Å². The van der Waals surface area contributed by atoms with Crippen LogP contribution in [0.4, 0.5) is 5.69 Å². The summed E-state index contributed by atoms with van der Waals surface area (Å²) in [6.07, 6.45) is 0. The van der Waals surface area contributed by atoms with E-state index >= 15 is 0 Å². The molecule has 0 heterocycles. The summed E-state index contributed by atoms with van der Waals surface area (Å²) in [5.41, 5.74) is -1.43. The van der Waals surface area contributed by atoms with Crippen molar-refractivity contribution in [3.63, 3.8) is 0 Å². The number of rotatable bonds is 4. The maximum absolute atomic E-state index is 10.7. The van der Waals surface area contributed by atoms with E-state index < -0.39 is 33.0 Å². The SMILES string of the molecule is O=C(O)c1cccc([N+](=O)[O-])c1O[N+](=O)[O-].[Mn]. The van der Waals surface area contributed by atoms with E-state index in [0.717, 1.165) is 18.2 Å². The third-order valence-electron chi connectivity index (χ3n) is 1.59. The fourth-order valence-electron chi connectivity index (χ4n) is 1.01. The van der Waals surface area contributed by atoms with Crippen molar-refractivity contribution >= 4 is 11.7 Å². The van der Waals surface area contributed by atoms with E-state index in [1.54, 1.807) is 0 Å². The molecule has 0 spiro atoms. The van der Waals surface area contributed by atoms with E-state index in [0.29, 0.717) is 0 Å². The summed E-state index contributed by atoms with van der Waals surface area (Å²) < 4.78 is 0. The van der Waals surface area contributed by atoms with Gasteiger partial charge in [0.1, 0.15) is 0 Å². The Morgan fingerprint density at radius 1 is 1.29 bits per heavy atom. The molecule has 9 nitrogen and oxygen atoms in total. The van der Waals surface area contributed by atoms with Gasteiger partial charge in [0.15, 0.2) is 0 Å². The number of para-hydroxylation sites is 1. The number of nitro groups is 1. The molecule has 0 aliphatic heterocycles. The number of hydrogen-bond acceptors (Lipinski definition) is 6. The minimum Gasteiger partial charge on any atom is -0.478 e. The van der Waals surface area contributed by atoms with Crippen molar-refractivity contribution in [2.75, 3.05) is 0 Å². The number of carbonyl (C=O) groups is 1. The van der Waals surface area contributed by atoms with Gasteiger partial charge < -0.3 is 5.11 Å². The molecule has 0 unspecified atom stereocenters. The molecule has 0 amide bonds. The number of aromatic carboxylic acids is 1. The van der Waals surface area contributed by atoms with Gasteiger partial charge >= 0.3 is 5.97 Å². The molecular weight excluding hydrogens is 279 g/mol. The predicted octanol–water partition coefficient (Wildman–Crippen LogP) is 0.861. The zero-order valence-corrected chi connectivity index (χ0v) is 9.08. The van der Waals surface area contributed by atoms with Crippen LogP contribution in [0.3, 0.4) is 0 Å². The molecule has 17 heavy (non-hydrogen) atoms. The number of carboxylic acids is 1. The zero-order valence-electron chi connectivity index (χ0n) is 7.90. The second kappa shape index (κ2) is 5.77. The number of carboxylic acid groups (broad SMARTS) is 1. The number of nitro benzene ring substituents is 1. The molecule has 0 aromatic heterocycles. The monoisotopic (exact) mass is 283 g/mol. The van der Waals surface area contributed by atoms with Crippen LogP contribution in [0.1, 0.15) is 10.4 Å². The summed E-state index contributed by atoms with van der Waals surface area (Å²) in [4.78, 5) is 34.2. The van der Waals surface area contributed by atoms with E-state index in [9.17, 15) is 25.0 Å². The fraction of sp³-hybridized carbons (Fsp3) is 0. The van der Waals surface area contributed by atoms with Crippen molar-refractivity contribution in [1.82, 2.24) is 0 Å². The first-order chi connectivity index (χ1) is 7.43. The molecule has 1 radical (unpaired) electrons. The molecule has 0 aliphatic carbocycles. The van der Waals surface area contributed by atoms with Gasteiger partial charge in [-0.15, -0.1) is 10.1 Å². The summed E-state index contributed by atoms with van der Waals surface area (Å²) >= 11 is 0. The van der Waals surface area contributed by atoms with Crippen molar-refractivity contribution < 1.29 is 41.8 Å². The van der Waals surface area contributed by atoms with Gasteiger partial charge in [0.05, 0.1) is 10.5 Å². The van der Waals surface area contributed by atoms with Crippen molar-refractivity contribution in [2.24, 2.45) is 0 Å². The van der Waals surface area contributed by atoms with Crippen LogP contribution in [0.2, 0.25) is 0 Å². The van der Waals surface area contributed by atoms with Gasteiger partial charge in [-0.05, 0) is 6.07 Å². The molecule has 1 aromatic rings. The molecule has 0 saturated heterocycles. The quantitative estimate of drug-likeness (QED) is 0.492. The summed E-state index contributed by atoms with van der Waals surface area (Å²) in [5.74, 6) is -2.45. The largest absolute Gasteiger partial charge is 0.478 e. The third kappa shape index (κ3) is 3.40. The summed E-state index contributed by atoms with van der Waals surface area (Å²) in [6.45, 7) is 0. The van der Waals surface area contributed by atoms with Gasteiger partial charge in [0.25, 0.3) is 10.8 Å². The van der Waals surface area contributed by atoms with Gasteiger partial charge in [0.2, 0.25) is 5.75 Å². The van der Waals surface area contributed by atoms with Gasteiger partial charge in [0, 0.05) is 23.1 Å². The van der Waals surface area contributed by atoms with E-state index in [-0.39, 0.29) is 17.1 Å². The summed E-state index contributed by atoms with van der Waals surface area (Å²) in [6, 6.07) is 2.97. The van der Waals surface area contributed by atoms with Crippen LogP contribution in [0, 0.1) is 20.2 Å². The van der Waals surface area contributed by atoms with Crippen LogP contribution < -0.4 is 4.84 Å². The molecule has 1 rings (SSSR count). The Morgan fingerprint density at radius 2 is 1.88 bits per heavy atom. The summed E-state index contributed by atoms with van der Waals surface area (Å²) in [5, 5.41) is 27.9. The van der Waals surface area contributed by atoms with E-state index in [1.165, 1.54) is 0 Å². The van der Waals surface area contributed by atoms with Gasteiger partial charge in [-0.25, -0.2) is 4.79 Å². The molecule has 1 aromatic carbocycles. The molecular formula is C7H4MnN2O7. The average molecular weight is 283 g/mol. The Morgan fingerprint density at radius 3 is 2.29 bits per heavy atom. The normalized spacial score (nSPS) is 8.94. The maximum atomic E-state index is 10.7. The van der Waals surface area contributed by atoms with Crippen LogP contribution in [-0.2, 0) is 17.1 Å². The van der Waals surface area contributed by atoms with E-state index in [4.69, 9.17) is 5.11 Å². The average Bonchev–Trinajstić information content (AvgIpc) is 2.16. The van der Waals surface area contributed by atoms with E-state index in [2.05, 4.69) is 4.84 Å². The first-order valence-electron chi connectivity index (χ1n) is 3.76. The zero-order chi connectivity index (χ0) is 12.3. The first-order valence-corrected chi connectivity index (χ1v) is 3.76. The first kappa shape index (κ1) is 14.8. The summed E-state index contributed by atoms with van der Waals surface area (Å²) in [7, 11) is 0. The minimum atomic E-state index is -1.56. The fourth-order valence-corrected chi connectivity index (χ4v) is 1.01. The number of hydrogen-bond donors (Lipinski definition) is 1. The topological polar surface area (TPSA) is 133 Å². The Balaban J connectivity index is 0.00000256. The molecule has 0 fully saturated rings. The second-order valence-corrected chi connectivity index (χ2v) is 2.53. The predicted molar refractivity (Wildman–Crippen MR) is 47.7 cm³/mol. The van der Waals surface area contributed by atoms with Crippen LogP contribution in [0.15, 0.2) is 18.2 Å². The Bertz CT molecular complexity index is 443. The van der Waals surface area contributed by atoms with Crippen LogP contribution in [0.5, 0.6) is 5.75 Å².